The van der Waals surface area contributed by atoms with Gasteiger partial charge in [0, 0.05) is 0 Å². The number of carbonyl (C=O) groups is 1. The summed E-state index contributed by atoms with van der Waals surface area (Å²) >= 11 is 13.1. The third kappa shape index (κ3) is 2.70. The summed E-state index contributed by atoms with van der Waals surface area (Å²) in [7, 11) is 0. The topological polar surface area (TPSA) is 42.0 Å². The van der Waals surface area contributed by atoms with E-state index in [4.69, 9.17) is 23.2 Å². The highest BCUT2D eigenvalue weighted by Gasteiger charge is 2.13. The number of alkyl halides is 1. The standard InChI is InChI=1S/C11H10Cl2N2OS/c1-5-3-7(13)9-8(4-5)17-11(14-9)15-10(16)6(2)12/h3-4,6H,1-2H3,(H,14,15,16)/t6-/m0/s1. The van der Waals surface area contributed by atoms with Crippen LogP contribution in [-0.4, -0.2) is 16.3 Å². The highest BCUT2D eigenvalue weighted by Crippen LogP contribution is 2.32. The molecule has 90 valence electrons. The van der Waals surface area contributed by atoms with E-state index in [-0.39, 0.29) is 5.91 Å². The number of amides is 1. The molecule has 1 aromatic heterocycles. The lowest BCUT2D eigenvalue weighted by Gasteiger charge is -2.01. The second-order valence-corrected chi connectivity index (χ2v) is 5.81. The molecule has 0 bridgehead atoms. The first-order chi connectivity index (χ1) is 7.97. The molecule has 1 N–H and O–H groups in total. The number of aryl methyl sites for hydroxylation is 1. The van der Waals surface area contributed by atoms with Crippen molar-refractivity contribution in [1.82, 2.24) is 4.98 Å². The van der Waals surface area contributed by atoms with Crippen LogP contribution in [0, 0.1) is 6.92 Å². The molecule has 0 saturated heterocycles. The molecule has 0 aliphatic carbocycles. The highest BCUT2D eigenvalue weighted by molar-refractivity contribution is 7.22. The molecule has 17 heavy (non-hydrogen) atoms. The molecule has 0 aliphatic heterocycles. The van der Waals surface area contributed by atoms with Crippen LogP contribution < -0.4 is 5.32 Å². The van der Waals surface area contributed by atoms with Crippen LogP contribution in [0.4, 0.5) is 5.13 Å². The van der Waals surface area contributed by atoms with Gasteiger partial charge < -0.3 is 5.32 Å². The van der Waals surface area contributed by atoms with Crippen molar-refractivity contribution in [3.05, 3.63) is 22.7 Å². The van der Waals surface area contributed by atoms with E-state index >= 15 is 0 Å². The number of hydrogen-bond acceptors (Lipinski definition) is 3. The van der Waals surface area contributed by atoms with Crippen molar-refractivity contribution < 1.29 is 4.79 Å². The molecule has 0 saturated carbocycles. The Bertz CT molecular complexity index is 580. The molecule has 1 heterocycles. The van der Waals surface area contributed by atoms with Gasteiger partial charge in [0.15, 0.2) is 5.13 Å². The zero-order chi connectivity index (χ0) is 12.6. The summed E-state index contributed by atoms with van der Waals surface area (Å²) in [4.78, 5) is 15.7. The molecular formula is C11H10Cl2N2OS. The number of halogens is 2. The average molecular weight is 289 g/mol. The van der Waals surface area contributed by atoms with Crippen LogP contribution in [0.5, 0.6) is 0 Å². The number of aromatic nitrogens is 1. The van der Waals surface area contributed by atoms with Crippen molar-refractivity contribution in [2.24, 2.45) is 0 Å². The van der Waals surface area contributed by atoms with Crippen LogP contribution in [0.25, 0.3) is 10.2 Å². The maximum absolute atomic E-state index is 11.4. The average Bonchev–Trinajstić information content (AvgIpc) is 2.60. The van der Waals surface area contributed by atoms with Gasteiger partial charge in [-0.2, -0.15) is 0 Å². The van der Waals surface area contributed by atoms with Crippen molar-refractivity contribution in [3.63, 3.8) is 0 Å². The first-order valence-electron chi connectivity index (χ1n) is 4.99. The van der Waals surface area contributed by atoms with Crippen LogP contribution in [0.15, 0.2) is 12.1 Å². The van der Waals surface area contributed by atoms with Crippen molar-refractivity contribution in [3.8, 4) is 0 Å². The maximum atomic E-state index is 11.4. The number of rotatable bonds is 2. The van der Waals surface area contributed by atoms with Gasteiger partial charge in [0.05, 0.1) is 9.72 Å². The summed E-state index contributed by atoms with van der Waals surface area (Å²) < 4.78 is 0.951. The van der Waals surface area contributed by atoms with E-state index in [0.29, 0.717) is 15.7 Å². The van der Waals surface area contributed by atoms with Crippen LogP contribution in [-0.2, 0) is 4.79 Å². The molecule has 1 aromatic carbocycles. The zero-order valence-electron chi connectivity index (χ0n) is 9.25. The minimum absolute atomic E-state index is 0.265. The van der Waals surface area contributed by atoms with E-state index in [1.807, 2.05) is 19.1 Å². The Morgan fingerprint density at radius 3 is 2.88 bits per heavy atom. The molecule has 0 unspecified atom stereocenters. The number of hydrogen-bond donors (Lipinski definition) is 1. The Morgan fingerprint density at radius 2 is 2.24 bits per heavy atom. The monoisotopic (exact) mass is 288 g/mol. The summed E-state index contributed by atoms with van der Waals surface area (Å²) in [5.74, 6) is -0.265. The molecule has 1 amide bonds. The van der Waals surface area contributed by atoms with Crippen molar-refractivity contribution >= 4 is 55.8 Å². The van der Waals surface area contributed by atoms with Gasteiger partial charge >= 0.3 is 0 Å². The largest absolute Gasteiger partial charge is 0.301 e. The number of anilines is 1. The first kappa shape index (κ1) is 12.6. The van der Waals surface area contributed by atoms with E-state index in [1.165, 1.54) is 11.3 Å². The van der Waals surface area contributed by atoms with Gasteiger partial charge in [-0.3, -0.25) is 4.79 Å². The van der Waals surface area contributed by atoms with Crippen LogP contribution in [0.2, 0.25) is 5.02 Å². The fourth-order valence-corrected chi connectivity index (χ4v) is 2.80. The summed E-state index contributed by atoms with van der Waals surface area (Å²) in [5, 5.41) is 3.18. The Balaban J connectivity index is 2.38. The number of fused-ring (bicyclic) bond motifs is 1. The second kappa shape index (κ2) is 4.80. The fraction of sp³-hybridized carbons (Fsp3) is 0.273. The van der Waals surface area contributed by atoms with Crippen LogP contribution in [0.3, 0.4) is 0 Å². The first-order valence-corrected chi connectivity index (χ1v) is 6.62. The number of nitrogens with zero attached hydrogens (tertiary/aromatic N) is 1. The third-order valence-corrected chi connectivity index (χ3v) is 3.59. The van der Waals surface area contributed by atoms with Gasteiger partial charge in [-0.15, -0.1) is 11.6 Å². The lowest BCUT2D eigenvalue weighted by atomic mass is 10.2. The smallest absolute Gasteiger partial charge is 0.243 e. The van der Waals surface area contributed by atoms with Crippen molar-refractivity contribution in [2.45, 2.75) is 19.2 Å². The molecule has 3 nitrogen and oxygen atoms in total. The Hall–Kier alpha value is -0.840. The van der Waals surface area contributed by atoms with E-state index in [0.717, 1.165) is 10.3 Å². The molecule has 0 spiro atoms. The minimum atomic E-state index is -0.584. The van der Waals surface area contributed by atoms with Gasteiger partial charge in [-0.05, 0) is 31.5 Å². The van der Waals surface area contributed by atoms with E-state index < -0.39 is 5.38 Å². The lowest BCUT2D eigenvalue weighted by Crippen LogP contribution is -2.19. The van der Waals surface area contributed by atoms with Gasteiger partial charge in [0.25, 0.3) is 0 Å². The molecule has 0 aliphatic rings. The summed E-state index contributed by atoms with van der Waals surface area (Å²) in [6.07, 6.45) is 0. The van der Waals surface area contributed by atoms with Gasteiger partial charge in [-0.1, -0.05) is 22.9 Å². The zero-order valence-corrected chi connectivity index (χ0v) is 11.6. The van der Waals surface area contributed by atoms with E-state index in [2.05, 4.69) is 10.3 Å². The molecule has 0 radical (unpaired) electrons. The molecule has 1 atom stereocenters. The quantitative estimate of drug-likeness (QED) is 0.854. The minimum Gasteiger partial charge on any atom is -0.301 e. The highest BCUT2D eigenvalue weighted by atomic mass is 35.5. The maximum Gasteiger partial charge on any atom is 0.243 e. The Labute approximate surface area is 113 Å². The van der Waals surface area contributed by atoms with Crippen LogP contribution >= 0.6 is 34.5 Å². The van der Waals surface area contributed by atoms with Crippen molar-refractivity contribution in [2.75, 3.05) is 5.32 Å². The summed E-state index contributed by atoms with van der Waals surface area (Å²) in [5.41, 5.74) is 1.77. The summed E-state index contributed by atoms with van der Waals surface area (Å²) in [6, 6.07) is 3.83. The predicted octanol–water partition coefficient (Wildman–Crippen LogP) is 3.82. The molecule has 6 heteroatoms. The fourth-order valence-electron chi connectivity index (χ4n) is 1.38. The van der Waals surface area contributed by atoms with Crippen molar-refractivity contribution in [1.29, 1.82) is 0 Å². The van der Waals surface area contributed by atoms with E-state index in [1.54, 1.807) is 6.92 Å². The normalized spacial score (nSPS) is 12.7. The second-order valence-electron chi connectivity index (χ2n) is 3.72. The SMILES string of the molecule is Cc1cc(Cl)c2nc(NC(=O)[C@H](C)Cl)sc2c1. The summed E-state index contributed by atoms with van der Waals surface area (Å²) in [6.45, 7) is 3.57. The number of carbonyl (C=O) groups excluding carboxylic acids is 1. The molecule has 2 rings (SSSR count). The van der Waals surface area contributed by atoms with Crippen LogP contribution in [0.1, 0.15) is 12.5 Å². The molecular weight excluding hydrogens is 279 g/mol. The molecule has 2 aromatic rings. The Kier molecular flexibility index (Phi) is 3.56. The van der Waals surface area contributed by atoms with Gasteiger partial charge in [0.2, 0.25) is 5.91 Å². The third-order valence-electron chi connectivity index (χ3n) is 2.18. The van der Waals surface area contributed by atoms with Gasteiger partial charge in [0.1, 0.15) is 10.9 Å². The number of thiazole rings is 1. The van der Waals surface area contributed by atoms with Gasteiger partial charge in [-0.25, -0.2) is 4.98 Å². The van der Waals surface area contributed by atoms with E-state index in [9.17, 15) is 4.79 Å². The predicted molar refractivity (Wildman–Crippen MR) is 73.3 cm³/mol. The number of nitrogens with one attached hydrogen (secondary N) is 1. The number of benzene rings is 1. The lowest BCUT2D eigenvalue weighted by molar-refractivity contribution is -0.115. The Morgan fingerprint density at radius 1 is 1.53 bits per heavy atom. The molecule has 0 fully saturated rings.